The molecule has 0 bridgehead atoms. The van der Waals surface area contributed by atoms with Crippen LogP contribution in [0, 0.1) is 50.7 Å². The molecule has 0 radical (unpaired) electrons. The van der Waals surface area contributed by atoms with Crippen LogP contribution in [0.2, 0.25) is 0 Å². The number of ether oxygens (including phenoxy) is 7. The minimum Gasteiger partial charge on any atom is -0.481 e. The molecule has 1 heterocycles. The van der Waals surface area contributed by atoms with Gasteiger partial charge in [0.2, 0.25) is 12.4 Å². The first-order valence-corrected chi connectivity index (χ1v) is 22.1. The number of hydrogen-bond acceptors (Lipinski definition) is 15. The standard InChI is InChI=1S/C46H66O16/c1-23-14-19-46(40(54)62-38-36(60-28(6)51)35(59-27(5)50)34(58-26(4)49)30(61-38)22-56-24(2)47)21-20-42(8)29(37(46)45(23,11)55)12-13-31-41(7)17-16-33(57-25(3)48)44(10,39(52)53)32(41)15-18-43(31,42)9/h12,23,30-38,55H,13-22H2,1-11H3,(H,52,53)/t23-,30+,31+,32+,33+,34+,35-,36+,37+,38-,41+,42+,43+,44-,45+,46-/m0/s1. The lowest BCUT2D eigenvalue weighted by molar-refractivity contribution is -0.305. The van der Waals surface area contributed by atoms with Gasteiger partial charge in [0.1, 0.15) is 24.2 Å². The molecule has 2 N–H and O–H groups in total. The van der Waals surface area contributed by atoms with E-state index in [1.54, 1.807) is 13.8 Å². The van der Waals surface area contributed by atoms with E-state index in [-0.39, 0.29) is 23.2 Å². The summed E-state index contributed by atoms with van der Waals surface area (Å²) in [7, 11) is 0. The van der Waals surface area contributed by atoms with Crippen molar-refractivity contribution >= 4 is 41.8 Å². The number of esters is 6. The molecule has 5 fully saturated rings. The fourth-order valence-corrected chi connectivity index (χ4v) is 13.7. The maximum absolute atomic E-state index is 15.3. The fourth-order valence-electron chi connectivity index (χ4n) is 13.7. The Morgan fingerprint density at radius 1 is 0.694 bits per heavy atom. The van der Waals surface area contributed by atoms with Crippen LogP contribution in [-0.4, -0.2) is 101 Å². The third-order valence-corrected chi connectivity index (χ3v) is 17.0. The second kappa shape index (κ2) is 16.5. The third-order valence-electron chi connectivity index (χ3n) is 17.0. The molecule has 62 heavy (non-hydrogen) atoms. The number of rotatable bonds is 9. The second-order valence-electron chi connectivity index (χ2n) is 20.2. The summed E-state index contributed by atoms with van der Waals surface area (Å²) in [6, 6.07) is 0. The van der Waals surface area contributed by atoms with Crippen molar-refractivity contribution in [1.82, 2.24) is 0 Å². The molecule has 0 aromatic carbocycles. The molecule has 16 heteroatoms. The van der Waals surface area contributed by atoms with Gasteiger partial charge < -0.3 is 43.4 Å². The Bertz CT molecular complexity index is 1890. The fraction of sp³-hybridized carbons (Fsp3) is 0.804. The van der Waals surface area contributed by atoms with Crippen LogP contribution in [0.25, 0.3) is 0 Å². The molecule has 1 saturated heterocycles. The number of hydrogen-bond donors (Lipinski definition) is 2. The molecule has 16 atom stereocenters. The van der Waals surface area contributed by atoms with Crippen molar-refractivity contribution in [1.29, 1.82) is 0 Å². The van der Waals surface area contributed by atoms with Crippen molar-refractivity contribution in [2.24, 2.45) is 50.7 Å². The number of carbonyl (C=O) groups is 7. The molecule has 0 amide bonds. The van der Waals surface area contributed by atoms with Crippen molar-refractivity contribution in [3.05, 3.63) is 11.6 Å². The van der Waals surface area contributed by atoms with Gasteiger partial charge in [-0.3, -0.25) is 33.6 Å². The molecule has 0 unspecified atom stereocenters. The van der Waals surface area contributed by atoms with Gasteiger partial charge in [-0.2, -0.15) is 0 Å². The normalized spacial score (nSPS) is 44.5. The number of aliphatic carboxylic acids is 1. The molecule has 5 aliphatic carbocycles. The summed E-state index contributed by atoms with van der Waals surface area (Å²) in [6.07, 6.45) is -1.60. The molecule has 6 aliphatic rings. The SMILES string of the molecule is CC(=O)OC[C@H]1O[C@@H](OC(=O)[C@]23CC[C@H](C)[C@@](C)(O)[C@H]2C2=CC[C@@H]4[C@@]5(C)CC[C@@H](OC(C)=O)[C@@](C)(C(=O)O)[C@@H]5CC[C@@]4(C)[C@]2(C)CC3)[C@H](OC(C)=O)[C@@H](OC(C)=O)[C@@H]1OC(C)=O. The van der Waals surface area contributed by atoms with Gasteiger partial charge >= 0.3 is 41.8 Å². The lowest BCUT2D eigenvalue weighted by Crippen LogP contribution is -2.69. The largest absolute Gasteiger partial charge is 0.481 e. The van der Waals surface area contributed by atoms with E-state index in [4.69, 9.17) is 33.2 Å². The van der Waals surface area contributed by atoms with E-state index in [9.17, 15) is 39.0 Å². The molecule has 0 aromatic heterocycles. The first-order valence-electron chi connectivity index (χ1n) is 22.1. The highest BCUT2D eigenvalue weighted by Crippen LogP contribution is 2.76. The number of fused-ring (bicyclic) bond motifs is 7. The van der Waals surface area contributed by atoms with Gasteiger partial charge in [0.15, 0.2) is 12.2 Å². The Labute approximate surface area is 363 Å². The number of allylic oxidation sites excluding steroid dienone is 1. The topological polar surface area (TPSA) is 225 Å². The van der Waals surface area contributed by atoms with Crippen molar-refractivity contribution in [2.45, 2.75) is 176 Å². The average molecular weight is 875 g/mol. The van der Waals surface area contributed by atoms with Gasteiger partial charge in [-0.15, -0.1) is 0 Å². The van der Waals surface area contributed by atoms with E-state index in [0.717, 1.165) is 33.3 Å². The summed E-state index contributed by atoms with van der Waals surface area (Å²) in [5, 5.41) is 23.5. The predicted octanol–water partition coefficient (Wildman–Crippen LogP) is 5.38. The quantitative estimate of drug-likeness (QED) is 0.168. The van der Waals surface area contributed by atoms with E-state index in [2.05, 4.69) is 26.8 Å². The number of carboxylic acids is 1. The van der Waals surface area contributed by atoms with Crippen molar-refractivity contribution in [2.75, 3.05) is 6.61 Å². The van der Waals surface area contributed by atoms with Gasteiger partial charge in [-0.25, -0.2) is 0 Å². The van der Waals surface area contributed by atoms with Gasteiger partial charge in [-0.05, 0) is 106 Å². The van der Waals surface area contributed by atoms with Crippen LogP contribution in [-0.2, 0) is 66.7 Å². The zero-order valence-corrected chi connectivity index (χ0v) is 38.0. The van der Waals surface area contributed by atoms with Crippen LogP contribution in [0.1, 0.15) is 134 Å². The highest BCUT2D eigenvalue weighted by atomic mass is 16.7. The maximum Gasteiger partial charge on any atom is 0.315 e. The molecule has 346 valence electrons. The summed E-state index contributed by atoms with van der Waals surface area (Å²) in [5.74, 6) is -6.56. The molecule has 0 spiro atoms. The second-order valence-corrected chi connectivity index (χ2v) is 20.2. The zero-order chi connectivity index (χ0) is 46.1. The smallest absolute Gasteiger partial charge is 0.315 e. The molecule has 1 aliphatic heterocycles. The van der Waals surface area contributed by atoms with E-state index in [1.807, 2.05) is 6.92 Å². The molecule has 16 nitrogen and oxygen atoms in total. The zero-order valence-electron chi connectivity index (χ0n) is 38.0. The van der Waals surface area contributed by atoms with Crippen LogP contribution in [0.4, 0.5) is 0 Å². The molecular weight excluding hydrogens is 808 g/mol. The first kappa shape index (κ1) is 47.4. The Morgan fingerprint density at radius 2 is 1.29 bits per heavy atom. The van der Waals surface area contributed by atoms with E-state index in [0.29, 0.717) is 57.8 Å². The summed E-state index contributed by atoms with van der Waals surface area (Å²) in [4.78, 5) is 90.0. The van der Waals surface area contributed by atoms with E-state index in [1.165, 1.54) is 6.92 Å². The summed E-state index contributed by atoms with van der Waals surface area (Å²) in [6.45, 7) is 17.5. The van der Waals surface area contributed by atoms with E-state index >= 15 is 4.79 Å². The monoisotopic (exact) mass is 874 g/mol. The Kier molecular flexibility index (Phi) is 12.6. The van der Waals surface area contributed by atoms with Crippen molar-refractivity contribution < 1.29 is 76.9 Å². The molecule has 4 saturated carbocycles. The van der Waals surface area contributed by atoms with Gasteiger partial charge in [-0.1, -0.05) is 39.3 Å². The van der Waals surface area contributed by atoms with Crippen LogP contribution in [0.15, 0.2) is 11.6 Å². The molecule has 6 rings (SSSR count). The molecular formula is C46H66O16. The number of carbonyl (C=O) groups excluding carboxylic acids is 6. The van der Waals surface area contributed by atoms with Crippen molar-refractivity contribution in [3.8, 4) is 0 Å². The maximum atomic E-state index is 15.3. The first-order chi connectivity index (χ1) is 28.7. The Morgan fingerprint density at radius 3 is 1.87 bits per heavy atom. The van der Waals surface area contributed by atoms with Crippen LogP contribution in [0.3, 0.4) is 0 Å². The van der Waals surface area contributed by atoms with Crippen LogP contribution >= 0.6 is 0 Å². The number of aliphatic hydroxyl groups is 1. The van der Waals surface area contributed by atoms with Crippen LogP contribution in [0.5, 0.6) is 0 Å². The van der Waals surface area contributed by atoms with Crippen LogP contribution < -0.4 is 0 Å². The number of carboxylic acid groups (broad SMARTS) is 1. The van der Waals surface area contributed by atoms with E-state index < -0.39 is 118 Å². The lowest BCUT2D eigenvalue weighted by atomic mass is 9.33. The van der Waals surface area contributed by atoms with Gasteiger partial charge in [0.25, 0.3) is 0 Å². The minimum absolute atomic E-state index is 0.0301. The summed E-state index contributed by atoms with van der Waals surface area (Å²) < 4.78 is 40.2. The van der Waals surface area contributed by atoms with Gasteiger partial charge in [0.05, 0.1) is 11.0 Å². The Balaban J connectivity index is 1.40. The van der Waals surface area contributed by atoms with Gasteiger partial charge in [0, 0.05) is 40.5 Å². The molecule has 0 aromatic rings. The highest BCUT2D eigenvalue weighted by Gasteiger charge is 2.73. The average Bonchev–Trinajstić information content (AvgIpc) is 3.15. The third kappa shape index (κ3) is 7.51. The lowest BCUT2D eigenvalue weighted by Gasteiger charge is -2.71. The summed E-state index contributed by atoms with van der Waals surface area (Å²) >= 11 is 0. The van der Waals surface area contributed by atoms with Crippen molar-refractivity contribution in [3.63, 3.8) is 0 Å². The minimum atomic E-state index is -1.72. The Hall–Kier alpha value is -4.05. The summed E-state index contributed by atoms with van der Waals surface area (Å²) in [5.41, 5.74) is -4.41. The predicted molar refractivity (Wildman–Crippen MR) is 216 cm³/mol. The highest BCUT2D eigenvalue weighted by molar-refractivity contribution is 5.80.